The van der Waals surface area contributed by atoms with Crippen LogP contribution < -0.4 is 0 Å². The molecule has 7 heterocycles. The van der Waals surface area contributed by atoms with E-state index in [0.717, 1.165) is 166 Å². The fourth-order valence-corrected chi connectivity index (χ4v) is 18.6. The summed E-state index contributed by atoms with van der Waals surface area (Å²) in [5.74, 6) is 1.90. The van der Waals surface area contributed by atoms with Crippen LogP contribution in [-0.2, 0) is 0 Å². The van der Waals surface area contributed by atoms with Gasteiger partial charge < -0.3 is 4.57 Å². The van der Waals surface area contributed by atoms with Gasteiger partial charge in [-0.25, -0.2) is 44.9 Å². The molecule has 620 valence electrons. The number of hydrogen-bond donors (Lipinski definition) is 0. The summed E-state index contributed by atoms with van der Waals surface area (Å²) in [4.78, 5) is 46.0. The first-order valence-electron chi connectivity index (χ1n) is 46.0. The van der Waals surface area contributed by atoms with Crippen LogP contribution in [0.4, 0.5) is 0 Å². The molecule has 0 unspecified atom stereocenters. The first kappa shape index (κ1) is 75.2. The second-order valence-electron chi connectivity index (χ2n) is 33.1. The van der Waals surface area contributed by atoms with Gasteiger partial charge in [-0.05, 0) is 127 Å². The maximum atomic E-state index is 9.09. The third kappa shape index (κ3) is 14.8. The van der Waals surface area contributed by atoms with Gasteiger partial charge in [0, 0.05) is 98.8 Å². The van der Waals surface area contributed by atoms with Crippen LogP contribution in [0.25, 0.3) is 249 Å². The number of hydrogen-bond acceptors (Lipinski definition) is 9. The number of rotatable bonds is 12. The lowest BCUT2D eigenvalue weighted by Crippen LogP contribution is -1.97. The average Bonchev–Trinajstić information content (AvgIpc) is 1.22. The van der Waals surface area contributed by atoms with Gasteiger partial charge in [-0.1, -0.05) is 400 Å². The lowest BCUT2D eigenvalue weighted by Gasteiger charge is -2.13. The smallest absolute Gasteiger partial charge is 0.160 e. The maximum absolute atomic E-state index is 9.09. The van der Waals surface area contributed by atoms with Crippen molar-refractivity contribution in [3.8, 4) is 130 Å². The molecule has 10 nitrogen and oxygen atoms in total. The Kier molecular flexibility index (Phi) is 19.2. The van der Waals surface area contributed by atoms with Gasteiger partial charge >= 0.3 is 0 Å². The molecule has 0 N–H and O–H groups in total. The molecule has 0 bridgehead atoms. The van der Waals surface area contributed by atoms with E-state index in [2.05, 4.69) is 253 Å². The van der Waals surface area contributed by atoms with Crippen molar-refractivity contribution in [3.05, 3.63) is 473 Å². The standard InChI is InChI=1S/C43H27N3.C41H26N4.C39H25N3/c1-3-11-30(12-4-1)40-37-25-23-31-24-26-38(44-41(31)42(37)46-43(45-40)32-13-5-2-6-14-32)28-19-21-29(22-20-28)39-35-17-9-7-15-33(35)27-34-16-8-10-18-36(34)39;1-4-12-27(13-5-1)38-33-23-20-28-21-24-35(42-39(28)40(33)44-41(43-38)29-14-6-2-7-15-29)30-22-25-37-34(26-30)32-18-10-11-19-36(32)45(37)31-16-8-3-9-17-31;1-3-11-29(12-4-1)36-34-24-22-30-23-25-35(40-37(30)38(34)42-39(41-36)31-13-5-2-6-14-31)28-20-18-27(19-21-28)33-17-9-15-26-10-7-8-16-32(26)33/h1-27H;1-26H;1-25H/i24D;21D;23D. The van der Waals surface area contributed by atoms with Crippen molar-refractivity contribution < 1.29 is 4.11 Å². The van der Waals surface area contributed by atoms with Gasteiger partial charge in [0.2, 0.25) is 0 Å². The highest BCUT2D eigenvalue weighted by molar-refractivity contribution is 6.16. The van der Waals surface area contributed by atoms with E-state index in [4.69, 9.17) is 49.0 Å². The molecule has 133 heavy (non-hydrogen) atoms. The molecule has 0 atom stereocenters. The molecular weight excluding hydrogens is 1620 g/mol. The Morgan fingerprint density at radius 3 is 0.940 bits per heavy atom. The SMILES string of the molecule is [2H]c1cc(-c2ccc(-c3c4ccccc4cc4ccccc34)cc2)nc2c1ccc1c(-c3ccccc3)nc(-c3ccccc3)nc12.[2H]c1cc(-c2ccc(-c3cccc4ccccc34)cc2)nc2c1ccc1c(-c3ccccc3)nc(-c3ccccc3)nc12.[2H]c1cc(-c2ccc3c(c2)c2ccccc2n3-c2ccccc2)nc2c1ccc1c(-c3ccccc3)nc(-c3ccccc3)nc12. The van der Waals surface area contributed by atoms with E-state index in [-0.39, 0.29) is 0 Å². The minimum Gasteiger partial charge on any atom is -0.309 e. The van der Waals surface area contributed by atoms with E-state index in [1.807, 2.05) is 206 Å². The van der Waals surface area contributed by atoms with Crippen LogP contribution in [0.2, 0.25) is 0 Å². The second-order valence-corrected chi connectivity index (χ2v) is 33.1. The Bertz CT molecular complexity index is 9100. The largest absolute Gasteiger partial charge is 0.309 e. The van der Waals surface area contributed by atoms with Crippen LogP contribution in [0.1, 0.15) is 4.11 Å². The van der Waals surface area contributed by atoms with Gasteiger partial charge in [0.1, 0.15) is 16.6 Å². The fourth-order valence-electron chi connectivity index (χ4n) is 18.6. The first-order chi connectivity index (χ1) is 67.2. The van der Waals surface area contributed by atoms with E-state index < -0.39 is 0 Å². The monoisotopic (exact) mass is 1700 g/mol. The predicted molar refractivity (Wildman–Crippen MR) is 551 cm³/mol. The highest BCUT2D eigenvalue weighted by Gasteiger charge is 2.23. The van der Waals surface area contributed by atoms with Gasteiger partial charge in [0.15, 0.2) is 17.5 Å². The van der Waals surface area contributed by atoms with Crippen LogP contribution in [0, 0.1) is 0 Å². The van der Waals surface area contributed by atoms with Crippen LogP contribution in [0.15, 0.2) is 473 Å². The number of fused-ring (bicyclic) bond motifs is 15. The zero-order valence-corrected chi connectivity index (χ0v) is 71.8. The minimum absolute atomic E-state index is 0.412. The summed E-state index contributed by atoms with van der Waals surface area (Å²) >= 11 is 0. The molecule has 26 rings (SSSR count). The second kappa shape index (κ2) is 34.0. The van der Waals surface area contributed by atoms with E-state index in [9.17, 15) is 0 Å². The summed E-state index contributed by atoms with van der Waals surface area (Å²) in [6.07, 6.45) is 0. The zero-order valence-electron chi connectivity index (χ0n) is 74.8. The number of aromatic nitrogens is 10. The molecule has 0 aliphatic carbocycles. The van der Waals surface area contributed by atoms with Crippen molar-refractivity contribution in [3.63, 3.8) is 0 Å². The Morgan fingerprint density at radius 2 is 0.504 bits per heavy atom. The normalized spacial score (nSPS) is 11.8. The summed E-state index contributed by atoms with van der Waals surface area (Å²) in [5, 5.41) is 14.7. The predicted octanol–water partition coefficient (Wildman–Crippen LogP) is 31.4. The third-order valence-electron chi connectivity index (χ3n) is 25.1. The van der Waals surface area contributed by atoms with Gasteiger partial charge in [-0.15, -0.1) is 0 Å². The van der Waals surface area contributed by atoms with E-state index in [1.54, 1.807) is 0 Å². The summed E-state index contributed by atoms with van der Waals surface area (Å²) < 4.78 is 29.4. The van der Waals surface area contributed by atoms with Crippen molar-refractivity contribution in [1.82, 2.24) is 49.4 Å². The molecule has 0 spiro atoms. The molecule has 10 heteroatoms. The highest BCUT2D eigenvalue weighted by Crippen LogP contribution is 2.43. The lowest BCUT2D eigenvalue weighted by molar-refractivity contribution is 1.18. The maximum Gasteiger partial charge on any atom is 0.160 e. The fraction of sp³-hybridized carbons (Fsp3) is 0. The number of para-hydroxylation sites is 2. The molecule has 0 aliphatic rings. The molecule has 0 saturated heterocycles. The minimum atomic E-state index is 0.412. The summed E-state index contributed by atoms with van der Waals surface area (Å²) in [6, 6.07) is 156. The number of benzene rings is 19. The summed E-state index contributed by atoms with van der Waals surface area (Å²) in [5.41, 5.74) is 25.9. The van der Waals surface area contributed by atoms with Crippen LogP contribution in [0.5, 0.6) is 0 Å². The van der Waals surface area contributed by atoms with Gasteiger partial charge in [-0.2, -0.15) is 0 Å². The van der Waals surface area contributed by atoms with Crippen LogP contribution >= 0.6 is 0 Å². The highest BCUT2D eigenvalue weighted by atomic mass is 15.0. The Balaban J connectivity index is 0.000000112. The Labute approximate surface area is 770 Å². The third-order valence-corrected chi connectivity index (χ3v) is 25.1. The summed E-state index contributed by atoms with van der Waals surface area (Å²) in [7, 11) is 0. The topological polar surface area (TPSA) is 121 Å². The van der Waals surface area contributed by atoms with E-state index in [0.29, 0.717) is 52.2 Å². The van der Waals surface area contributed by atoms with Crippen LogP contribution in [-0.4, -0.2) is 49.4 Å². The van der Waals surface area contributed by atoms with Gasteiger partial charge in [0.05, 0.1) is 65.9 Å². The molecule has 0 fully saturated rings. The Morgan fingerprint density at radius 1 is 0.173 bits per heavy atom. The van der Waals surface area contributed by atoms with Crippen molar-refractivity contribution in [1.29, 1.82) is 0 Å². The summed E-state index contributed by atoms with van der Waals surface area (Å²) in [6.45, 7) is 0. The average molecular weight is 1700 g/mol. The molecule has 7 aromatic heterocycles. The van der Waals surface area contributed by atoms with E-state index >= 15 is 0 Å². The molecular formula is C123H78N10. The molecule has 0 aliphatic heterocycles. The molecule has 19 aromatic carbocycles. The van der Waals surface area contributed by atoms with Crippen molar-refractivity contribution in [2.75, 3.05) is 0 Å². The molecule has 0 radical (unpaired) electrons. The molecule has 0 amide bonds. The van der Waals surface area contributed by atoms with Gasteiger partial charge in [-0.3, -0.25) is 0 Å². The zero-order chi connectivity index (χ0) is 90.7. The lowest BCUT2D eigenvalue weighted by atomic mass is 9.91. The number of pyridine rings is 3. The molecule has 0 saturated carbocycles. The molecule has 26 aromatic rings. The van der Waals surface area contributed by atoms with E-state index in [1.165, 1.54) is 48.8 Å². The van der Waals surface area contributed by atoms with Gasteiger partial charge in [0.25, 0.3) is 0 Å². The van der Waals surface area contributed by atoms with Crippen molar-refractivity contribution >= 4 is 120 Å². The first-order valence-corrected chi connectivity index (χ1v) is 44.5. The quantitative estimate of drug-likeness (QED) is 0.0869. The van der Waals surface area contributed by atoms with Crippen LogP contribution in [0.3, 0.4) is 0 Å². The van der Waals surface area contributed by atoms with Crippen molar-refractivity contribution in [2.45, 2.75) is 0 Å². The van der Waals surface area contributed by atoms with Crippen molar-refractivity contribution in [2.24, 2.45) is 0 Å². The number of nitrogens with zero attached hydrogens (tertiary/aromatic N) is 10. The Hall–Kier alpha value is -18.0.